The van der Waals surface area contributed by atoms with Gasteiger partial charge in [0.2, 0.25) is 0 Å². The summed E-state index contributed by atoms with van der Waals surface area (Å²) >= 11 is 6.12. The lowest BCUT2D eigenvalue weighted by molar-refractivity contribution is 0.124. The molecule has 0 aliphatic carbocycles. The van der Waals surface area contributed by atoms with E-state index in [1.807, 2.05) is 6.07 Å². The maximum Gasteiger partial charge on any atom is 0.0671 e. The van der Waals surface area contributed by atoms with Crippen molar-refractivity contribution in [3.8, 4) is 0 Å². The molecule has 1 saturated heterocycles. The fourth-order valence-electron chi connectivity index (χ4n) is 1.84. The van der Waals surface area contributed by atoms with Gasteiger partial charge in [-0.05, 0) is 12.5 Å². The molecule has 0 radical (unpaired) electrons. The Kier molecular flexibility index (Phi) is 2.31. The van der Waals surface area contributed by atoms with Crippen LogP contribution in [0.2, 0.25) is 0 Å². The van der Waals surface area contributed by atoms with Gasteiger partial charge in [0.05, 0.1) is 4.87 Å². The predicted molar refractivity (Wildman–Crippen MR) is 56.0 cm³/mol. The van der Waals surface area contributed by atoms with Gasteiger partial charge in [-0.3, -0.25) is 4.90 Å². The topological polar surface area (TPSA) is 3.24 Å². The molecule has 70 valence electrons. The fourth-order valence-corrected chi connectivity index (χ4v) is 2.18. The smallest absolute Gasteiger partial charge is 0.0671 e. The number of hydrogen-bond acceptors (Lipinski definition) is 1. The number of halogens is 1. The average molecular weight is 196 g/mol. The summed E-state index contributed by atoms with van der Waals surface area (Å²) in [5.74, 6) is 0. The number of hydrogen-bond donors (Lipinski definition) is 0. The highest BCUT2D eigenvalue weighted by Gasteiger charge is 2.36. The first-order valence-corrected chi connectivity index (χ1v) is 4.99. The molecule has 1 aromatic carbocycles. The Labute approximate surface area is 84.3 Å². The molecule has 1 fully saturated rings. The fraction of sp³-hybridized carbons (Fsp3) is 0.455. The second kappa shape index (κ2) is 3.32. The third-order valence-corrected chi connectivity index (χ3v) is 2.59. The molecule has 0 N–H and O–H groups in total. The molecule has 2 rings (SSSR count). The molecule has 1 aliphatic heterocycles. The molecule has 13 heavy (non-hydrogen) atoms. The Morgan fingerprint density at radius 2 is 1.92 bits per heavy atom. The van der Waals surface area contributed by atoms with Crippen LogP contribution in [0.4, 0.5) is 0 Å². The zero-order chi connectivity index (χ0) is 9.31. The Morgan fingerprint density at radius 3 is 2.46 bits per heavy atom. The first kappa shape index (κ1) is 9.04. The van der Waals surface area contributed by atoms with Gasteiger partial charge in [0.15, 0.2) is 0 Å². The minimum absolute atomic E-state index is 0.0226. The van der Waals surface area contributed by atoms with Crippen molar-refractivity contribution in [2.45, 2.75) is 18.3 Å². The number of likely N-dealkylation sites (tertiary alicyclic amines) is 1. The van der Waals surface area contributed by atoms with Crippen molar-refractivity contribution in [3.63, 3.8) is 0 Å². The van der Waals surface area contributed by atoms with E-state index in [1.165, 1.54) is 5.56 Å². The molecule has 0 aromatic heterocycles. The van der Waals surface area contributed by atoms with Crippen LogP contribution < -0.4 is 0 Å². The van der Waals surface area contributed by atoms with E-state index < -0.39 is 0 Å². The van der Waals surface area contributed by atoms with E-state index in [9.17, 15) is 0 Å². The summed E-state index contributed by atoms with van der Waals surface area (Å²) in [5, 5.41) is 0. The van der Waals surface area contributed by atoms with E-state index in [0.717, 1.165) is 19.6 Å². The van der Waals surface area contributed by atoms with Crippen LogP contribution in [0.3, 0.4) is 0 Å². The van der Waals surface area contributed by atoms with Gasteiger partial charge in [-0.15, -0.1) is 11.6 Å². The number of alkyl halides is 1. The van der Waals surface area contributed by atoms with Gasteiger partial charge >= 0.3 is 0 Å². The summed E-state index contributed by atoms with van der Waals surface area (Å²) < 4.78 is 0. The van der Waals surface area contributed by atoms with Crippen LogP contribution in [0.1, 0.15) is 12.5 Å². The summed E-state index contributed by atoms with van der Waals surface area (Å²) in [4.78, 5) is 2.39. The second-order valence-corrected chi connectivity index (χ2v) is 4.96. The third kappa shape index (κ3) is 2.23. The molecule has 2 heteroatoms. The minimum Gasteiger partial charge on any atom is -0.296 e. The van der Waals surface area contributed by atoms with Crippen LogP contribution >= 0.6 is 11.6 Å². The monoisotopic (exact) mass is 195 g/mol. The number of benzene rings is 1. The lowest BCUT2D eigenvalue weighted by atomic mass is 10.0. The molecule has 0 atom stereocenters. The molecule has 0 saturated carbocycles. The molecule has 1 nitrogen and oxygen atoms in total. The molecule has 0 bridgehead atoms. The van der Waals surface area contributed by atoms with Crippen molar-refractivity contribution in [2.24, 2.45) is 0 Å². The summed E-state index contributed by atoms with van der Waals surface area (Å²) in [6, 6.07) is 10.5. The van der Waals surface area contributed by atoms with Crippen LogP contribution in [0.5, 0.6) is 0 Å². The van der Waals surface area contributed by atoms with Crippen molar-refractivity contribution in [1.82, 2.24) is 4.90 Å². The van der Waals surface area contributed by atoms with Crippen molar-refractivity contribution >= 4 is 11.6 Å². The summed E-state index contributed by atoms with van der Waals surface area (Å²) in [5.41, 5.74) is 1.37. The van der Waals surface area contributed by atoms with Gasteiger partial charge in [-0.1, -0.05) is 30.3 Å². The summed E-state index contributed by atoms with van der Waals surface area (Å²) in [6.07, 6.45) is 0. The van der Waals surface area contributed by atoms with Crippen LogP contribution in [-0.2, 0) is 6.54 Å². The van der Waals surface area contributed by atoms with Gasteiger partial charge in [0, 0.05) is 19.6 Å². The van der Waals surface area contributed by atoms with Crippen LogP contribution in [-0.4, -0.2) is 22.9 Å². The van der Waals surface area contributed by atoms with Crippen molar-refractivity contribution in [2.75, 3.05) is 13.1 Å². The van der Waals surface area contributed by atoms with E-state index in [4.69, 9.17) is 11.6 Å². The third-order valence-electron chi connectivity index (χ3n) is 2.36. The minimum atomic E-state index is 0.0226. The SMILES string of the molecule is CC1(Cl)CN(Cc2ccccc2)C1. The van der Waals surface area contributed by atoms with Gasteiger partial charge < -0.3 is 0 Å². The van der Waals surface area contributed by atoms with Crippen LogP contribution in [0.15, 0.2) is 30.3 Å². The maximum absolute atomic E-state index is 6.12. The number of nitrogens with zero attached hydrogens (tertiary/aromatic N) is 1. The molecule has 1 heterocycles. The average Bonchev–Trinajstić information content (AvgIpc) is 2.03. The summed E-state index contributed by atoms with van der Waals surface area (Å²) in [6.45, 7) is 5.13. The Hall–Kier alpha value is -0.530. The quantitative estimate of drug-likeness (QED) is 0.656. The van der Waals surface area contributed by atoms with E-state index in [0.29, 0.717) is 0 Å². The first-order valence-electron chi connectivity index (χ1n) is 4.61. The van der Waals surface area contributed by atoms with Crippen LogP contribution in [0, 0.1) is 0 Å². The van der Waals surface area contributed by atoms with E-state index in [1.54, 1.807) is 0 Å². The van der Waals surface area contributed by atoms with Crippen LogP contribution in [0.25, 0.3) is 0 Å². The van der Waals surface area contributed by atoms with Gasteiger partial charge in [0.1, 0.15) is 0 Å². The Morgan fingerprint density at radius 1 is 1.31 bits per heavy atom. The van der Waals surface area contributed by atoms with Gasteiger partial charge in [-0.2, -0.15) is 0 Å². The van der Waals surface area contributed by atoms with E-state index in [-0.39, 0.29) is 4.87 Å². The van der Waals surface area contributed by atoms with Gasteiger partial charge in [0.25, 0.3) is 0 Å². The highest BCUT2D eigenvalue weighted by atomic mass is 35.5. The molecular weight excluding hydrogens is 182 g/mol. The summed E-state index contributed by atoms with van der Waals surface area (Å²) in [7, 11) is 0. The van der Waals surface area contributed by atoms with E-state index in [2.05, 4.69) is 36.1 Å². The zero-order valence-electron chi connectivity index (χ0n) is 7.83. The lowest BCUT2D eigenvalue weighted by Gasteiger charge is -2.43. The maximum atomic E-state index is 6.12. The Bertz CT molecular complexity index is 273. The molecule has 0 amide bonds. The highest BCUT2D eigenvalue weighted by molar-refractivity contribution is 6.24. The standard InChI is InChI=1S/C11H14ClN/c1-11(12)8-13(9-11)7-10-5-3-2-4-6-10/h2-6H,7-9H2,1H3. The van der Waals surface area contributed by atoms with Crippen molar-refractivity contribution in [1.29, 1.82) is 0 Å². The lowest BCUT2D eigenvalue weighted by Crippen LogP contribution is -2.55. The van der Waals surface area contributed by atoms with Crippen molar-refractivity contribution in [3.05, 3.63) is 35.9 Å². The molecule has 0 unspecified atom stereocenters. The predicted octanol–water partition coefficient (Wildman–Crippen LogP) is 2.50. The zero-order valence-corrected chi connectivity index (χ0v) is 8.59. The largest absolute Gasteiger partial charge is 0.296 e. The first-order chi connectivity index (χ1) is 6.16. The Balaban J connectivity index is 1.88. The number of rotatable bonds is 2. The molecule has 0 spiro atoms. The van der Waals surface area contributed by atoms with E-state index >= 15 is 0 Å². The molecule has 1 aliphatic rings. The molecular formula is C11H14ClN. The normalized spacial score (nSPS) is 21.1. The molecule has 1 aromatic rings. The highest BCUT2D eigenvalue weighted by Crippen LogP contribution is 2.28. The second-order valence-electron chi connectivity index (χ2n) is 4.04. The van der Waals surface area contributed by atoms with Gasteiger partial charge in [-0.25, -0.2) is 0 Å². The van der Waals surface area contributed by atoms with Crippen molar-refractivity contribution < 1.29 is 0 Å².